The number of sulfone groups is 1. The molecule has 13 heteroatoms. The van der Waals surface area contributed by atoms with Gasteiger partial charge in [0.05, 0.1) is 17.3 Å². The van der Waals surface area contributed by atoms with Gasteiger partial charge in [-0.15, -0.1) is 0 Å². The molecule has 41 heavy (non-hydrogen) atoms. The van der Waals surface area contributed by atoms with Gasteiger partial charge in [0.2, 0.25) is 15.0 Å². The van der Waals surface area contributed by atoms with E-state index in [9.17, 15) is 26.4 Å². The molecule has 9 nitrogen and oxygen atoms in total. The maximum atomic E-state index is 13.7. The molecule has 214 valence electrons. The van der Waals surface area contributed by atoms with Crippen LogP contribution in [0.3, 0.4) is 0 Å². The zero-order chi connectivity index (χ0) is 29.2. The van der Waals surface area contributed by atoms with E-state index in [2.05, 4.69) is 19.9 Å². The van der Waals surface area contributed by atoms with Crippen LogP contribution in [-0.2, 0) is 27.4 Å². The Balaban J connectivity index is 1.57. The van der Waals surface area contributed by atoms with Crippen LogP contribution in [0.5, 0.6) is 0 Å². The number of nitrogens with zero attached hydrogens (tertiary/aromatic N) is 4. The summed E-state index contributed by atoms with van der Waals surface area (Å²) in [5, 5.41) is -0.413. The number of alkyl halides is 3. The third-order valence-electron chi connectivity index (χ3n) is 7.02. The lowest BCUT2D eigenvalue weighted by Crippen LogP contribution is -2.45. The number of H-pyrrole nitrogens is 1. The van der Waals surface area contributed by atoms with Crippen molar-refractivity contribution >= 4 is 15.9 Å². The first-order valence-corrected chi connectivity index (χ1v) is 14.6. The van der Waals surface area contributed by atoms with E-state index >= 15 is 0 Å². The largest absolute Gasteiger partial charge is 0.445 e. The van der Waals surface area contributed by atoms with E-state index < -0.39 is 50.7 Å². The monoisotopic (exact) mass is 585 g/mol. The molecular weight excluding hydrogens is 559 g/mol. The Morgan fingerprint density at radius 3 is 2.51 bits per heavy atom. The summed E-state index contributed by atoms with van der Waals surface area (Å²) < 4.78 is 71.1. The molecule has 3 atom stereocenters. The Kier molecular flexibility index (Phi) is 7.80. The number of amides is 1. The van der Waals surface area contributed by atoms with E-state index in [-0.39, 0.29) is 25.3 Å². The third-order valence-corrected chi connectivity index (χ3v) is 7.88. The maximum absolute atomic E-state index is 13.7. The van der Waals surface area contributed by atoms with Gasteiger partial charge < -0.3 is 9.72 Å². The minimum atomic E-state index is -4.56. The number of carbonyl (C=O) groups is 1. The highest BCUT2D eigenvalue weighted by atomic mass is 32.2. The summed E-state index contributed by atoms with van der Waals surface area (Å²) in [6, 6.07) is 15.0. The highest BCUT2D eigenvalue weighted by Gasteiger charge is 2.43. The number of imidazole rings is 1. The Bertz CT molecular complexity index is 1620. The number of nitrogens with one attached hydrogen (secondary N) is 1. The van der Waals surface area contributed by atoms with Gasteiger partial charge in [0.1, 0.15) is 12.4 Å². The van der Waals surface area contributed by atoms with E-state index in [4.69, 9.17) is 4.74 Å². The fraction of sp³-hybridized carbons (Fsp3) is 0.286. The number of carbonyl (C=O) groups excluding carboxylic acids is 1. The molecule has 0 saturated carbocycles. The van der Waals surface area contributed by atoms with Crippen molar-refractivity contribution in [1.82, 2.24) is 24.8 Å². The van der Waals surface area contributed by atoms with Gasteiger partial charge in [0.15, 0.2) is 0 Å². The lowest BCUT2D eigenvalue weighted by molar-refractivity contribution is -0.137. The molecule has 1 saturated heterocycles. The van der Waals surface area contributed by atoms with Crippen LogP contribution in [0.4, 0.5) is 18.0 Å². The van der Waals surface area contributed by atoms with E-state index in [1.807, 2.05) is 30.3 Å². The summed E-state index contributed by atoms with van der Waals surface area (Å²) in [6.45, 7) is -0.0192. The standard InChI is InChI=1S/C28H26F3N5O4S/c1-41(38,39)26-34-11-10-23(35-26)22-16-36(27(37)40-17-18-6-3-2-4-7-18)24(25-32-12-13-33-25)15-21(22)19-8-5-9-20(14-19)28(29,30)31/h2-14,21-22,24H,15-17H2,1H3,(H,32,33). The number of hydrogen-bond acceptors (Lipinski definition) is 7. The molecule has 5 rings (SSSR count). The first-order valence-electron chi connectivity index (χ1n) is 12.7. The summed E-state index contributed by atoms with van der Waals surface area (Å²) in [5.74, 6) is -0.832. The SMILES string of the molecule is CS(=O)(=O)c1nccc(C2CN(C(=O)OCc3ccccc3)C(c3ncc[nH]3)CC2c2cccc(C(F)(F)F)c2)n1. The number of hydrogen-bond donors (Lipinski definition) is 1. The number of aromatic amines is 1. The number of ether oxygens (including phenoxy) is 1. The molecule has 2 aromatic heterocycles. The number of rotatable bonds is 6. The summed E-state index contributed by atoms with van der Waals surface area (Å²) in [4.78, 5) is 30.4. The van der Waals surface area contributed by atoms with Crippen LogP contribution in [0.15, 0.2) is 84.4 Å². The first-order chi connectivity index (χ1) is 19.5. The zero-order valence-corrected chi connectivity index (χ0v) is 22.6. The van der Waals surface area contributed by atoms with Gasteiger partial charge in [-0.05, 0) is 35.6 Å². The van der Waals surface area contributed by atoms with Gasteiger partial charge in [-0.3, -0.25) is 4.90 Å². The number of aromatic nitrogens is 4. The Labute approximate surface area is 234 Å². The second-order valence-electron chi connectivity index (χ2n) is 9.79. The lowest BCUT2D eigenvalue weighted by Gasteiger charge is -2.43. The maximum Gasteiger partial charge on any atom is 0.416 e. The Hall–Kier alpha value is -4.26. The molecule has 1 aliphatic heterocycles. The summed E-state index contributed by atoms with van der Waals surface area (Å²) in [6.07, 6.45) is 0.328. The molecule has 0 spiro atoms. The van der Waals surface area contributed by atoms with Crippen molar-refractivity contribution in [2.75, 3.05) is 12.8 Å². The molecule has 2 aromatic carbocycles. The average Bonchev–Trinajstić information content (AvgIpc) is 3.50. The average molecular weight is 586 g/mol. The minimum Gasteiger partial charge on any atom is -0.445 e. The van der Waals surface area contributed by atoms with Gasteiger partial charge in [-0.25, -0.2) is 28.2 Å². The van der Waals surface area contributed by atoms with E-state index in [0.29, 0.717) is 11.4 Å². The molecule has 0 radical (unpaired) electrons. The molecule has 4 aromatic rings. The summed E-state index contributed by atoms with van der Waals surface area (Å²) in [5.41, 5.74) is 0.617. The molecule has 1 amide bonds. The van der Waals surface area contributed by atoms with Crippen LogP contribution in [0.1, 0.15) is 52.5 Å². The van der Waals surface area contributed by atoms with Crippen LogP contribution in [-0.4, -0.2) is 52.1 Å². The predicted octanol–water partition coefficient (Wildman–Crippen LogP) is 5.27. The number of piperidine rings is 1. The number of benzene rings is 2. The first kappa shape index (κ1) is 28.3. The number of likely N-dealkylation sites (tertiary alicyclic amines) is 1. The molecule has 1 fully saturated rings. The van der Waals surface area contributed by atoms with Crippen LogP contribution < -0.4 is 0 Å². The van der Waals surface area contributed by atoms with Gasteiger partial charge in [0.25, 0.3) is 0 Å². The van der Waals surface area contributed by atoms with Crippen LogP contribution >= 0.6 is 0 Å². The zero-order valence-electron chi connectivity index (χ0n) is 21.8. The van der Waals surface area contributed by atoms with Crippen LogP contribution in [0.2, 0.25) is 0 Å². The minimum absolute atomic E-state index is 0.00844. The van der Waals surface area contributed by atoms with Crippen molar-refractivity contribution < 1.29 is 31.1 Å². The second-order valence-corrected chi connectivity index (χ2v) is 11.7. The number of halogens is 3. The summed E-state index contributed by atoms with van der Waals surface area (Å²) in [7, 11) is -3.78. The smallest absolute Gasteiger partial charge is 0.416 e. The van der Waals surface area contributed by atoms with E-state index in [0.717, 1.165) is 24.0 Å². The fourth-order valence-corrected chi connectivity index (χ4v) is 5.60. The van der Waals surface area contributed by atoms with Crippen LogP contribution in [0, 0.1) is 0 Å². The molecule has 3 unspecified atom stereocenters. The van der Waals surface area contributed by atoms with Gasteiger partial charge in [-0.1, -0.05) is 48.5 Å². The van der Waals surface area contributed by atoms with Gasteiger partial charge in [-0.2, -0.15) is 13.2 Å². The lowest BCUT2D eigenvalue weighted by atomic mass is 9.75. The van der Waals surface area contributed by atoms with Crippen molar-refractivity contribution in [3.05, 3.63) is 107 Å². The van der Waals surface area contributed by atoms with Crippen molar-refractivity contribution in [3.63, 3.8) is 0 Å². The van der Waals surface area contributed by atoms with E-state index in [1.165, 1.54) is 29.4 Å². The normalized spacial score (nSPS) is 19.6. The fourth-order valence-electron chi connectivity index (χ4n) is 5.07. The van der Waals surface area contributed by atoms with Gasteiger partial charge >= 0.3 is 12.3 Å². The van der Waals surface area contributed by atoms with E-state index in [1.54, 1.807) is 12.3 Å². The molecule has 3 heterocycles. The van der Waals surface area contributed by atoms with Crippen molar-refractivity contribution in [2.24, 2.45) is 0 Å². The highest BCUT2D eigenvalue weighted by molar-refractivity contribution is 7.90. The van der Waals surface area contributed by atoms with Crippen molar-refractivity contribution in [3.8, 4) is 0 Å². The van der Waals surface area contributed by atoms with Crippen LogP contribution in [0.25, 0.3) is 0 Å². The molecule has 1 aliphatic rings. The van der Waals surface area contributed by atoms with Crippen molar-refractivity contribution in [2.45, 2.75) is 42.2 Å². The third kappa shape index (κ3) is 6.40. The Morgan fingerprint density at radius 1 is 1.05 bits per heavy atom. The molecule has 0 bridgehead atoms. The molecular formula is C28H26F3N5O4S. The summed E-state index contributed by atoms with van der Waals surface area (Å²) >= 11 is 0. The predicted molar refractivity (Wildman–Crippen MR) is 141 cm³/mol. The highest BCUT2D eigenvalue weighted by Crippen LogP contribution is 2.47. The molecule has 0 aliphatic carbocycles. The quantitative estimate of drug-likeness (QED) is 0.306. The second kappa shape index (κ2) is 11.3. The van der Waals surface area contributed by atoms with Crippen molar-refractivity contribution in [1.29, 1.82) is 0 Å². The molecule has 1 N–H and O–H groups in total. The Morgan fingerprint density at radius 2 is 1.83 bits per heavy atom. The van der Waals surface area contributed by atoms with Gasteiger partial charge in [0, 0.05) is 37.3 Å². The topological polar surface area (TPSA) is 118 Å².